The van der Waals surface area contributed by atoms with Gasteiger partial charge in [-0.1, -0.05) is 12.1 Å². The van der Waals surface area contributed by atoms with Crippen LogP contribution in [0.4, 0.5) is 0 Å². The molecule has 0 aliphatic rings. The van der Waals surface area contributed by atoms with Crippen molar-refractivity contribution in [1.82, 2.24) is 0 Å². The number of ether oxygens (including phenoxy) is 3. The van der Waals surface area contributed by atoms with Crippen molar-refractivity contribution in [2.75, 3.05) is 13.7 Å². The van der Waals surface area contributed by atoms with Crippen LogP contribution >= 0.6 is 0 Å². The molecule has 0 heterocycles. The molecule has 110 valence electrons. The first-order valence-corrected chi connectivity index (χ1v) is 6.53. The van der Waals surface area contributed by atoms with Crippen molar-refractivity contribution in [3.8, 4) is 11.5 Å². The van der Waals surface area contributed by atoms with Crippen LogP contribution in [0.15, 0.2) is 30.3 Å². The monoisotopic (exact) mass is 288 g/mol. The molecule has 21 heavy (non-hydrogen) atoms. The molecule has 0 fully saturated rings. The van der Waals surface area contributed by atoms with E-state index in [0.29, 0.717) is 16.7 Å². The van der Waals surface area contributed by atoms with E-state index < -0.39 is 11.9 Å². The summed E-state index contributed by atoms with van der Waals surface area (Å²) < 4.78 is 15.5. The van der Waals surface area contributed by atoms with Crippen molar-refractivity contribution < 1.29 is 23.8 Å². The van der Waals surface area contributed by atoms with Gasteiger partial charge in [0.25, 0.3) is 0 Å². The van der Waals surface area contributed by atoms with Gasteiger partial charge in [-0.2, -0.15) is 0 Å². The fourth-order valence-corrected chi connectivity index (χ4v) is 2.09. The maximum atomic E-state index is 11.9. The highest BCUT2D eigenvalue weighted by Gasteiger charge is 2.16. The zero-order valence-electron chi connectivity index (χ0n) is 12.1. The van der Waals surface area contributed by atoms with E-state index in [0.717, 1.165) is 5.39 Å². The van der Waals surface area contributed by atoms with Crippen LogP contribution in [-0.4, -0.2) is 25.7 Å². The number of carbonyl (C=O) groups is 2. The Morgan fingerprint density at radius 1 is 1.14 bits per heavy atom. The molecule has 0 atom stereocenters. The van der Waals surface area contributed by atoms with Gasteiger partial charge in [-0.05, 0) is 30.5 Å². The van der Waals surface area contributed by atoms with E-state index >= 15 is 0 Å². The summed E-state index contributed by atoms with van der Waals surface area (Å²) in [5.74, 6) is -0.0847. The van der Waals surface area contributed by atoms with E-state index in [1.54, 1.807) is 25.1 Å². The number of carbonyl (C=O) groups excluding carboxylic acids is 2. The van der Waals surface area contributed by atoms with Crippen molar-refractivity contribution in [2.24, 2.45) is 0 Å². The van der Waals surface area contributed by atoms with Gasteiger partial charge in [0.1, 0.15) is 11.5 Å². The highest BCUT2D eigenvalue weighted by Crippen LogP contribution is 2.35. The van der Waals surface area contributed by atoms with Gasteiger partial charge >= 0.3 is 11.9 Å². The van der Waals surface area contributed by atoms with E-state index in [4.69, 9.17) is 14.2 Å². The normalized spacial score (nSPS) is 10.2. The third-order valence-electron chi connectivity index (χ3n) is 2.89. The molecule has 5 nitrogen and oxygen atoms in total. The summed E-state index contributed by atoms with van der Waals surface area (Å²) in [6.45, 7) is 3.31. The van der Waals surface area contributed by atoms with E-state index in [1.165, 1.54) is 20.1 Å². The summed E-state index contributed by atoms with van der Waals surface area (Å²) in [4.78, 5) is 23.2. The molecule has 0 aliphatic heterocycles. The molecule has 0 saturated carbocycles. The number of hydrogen-bond donors (Lipinski definition) is 0. The second-order valence-electron chi connectivity index (χ2n) is 4.35. The van der Waals surface area contributed by atoms with Gasteiger partial charge in [-0.25, -0.2) is 4.79 Å². The van der Waals surface area contributed by atoms with Gasteiger partial charge < -0.3 is 14.2 Å². The van der Waals surface area contributed by atoms with Gasteiger partial charge in [0.15, 0.2) is 0 Å². The Kier molecular flexibility index (Phi) is 4.42. The fraction of sp³-hybridized carbons (Fsp3) is 0.250. The molecule has 0 unspecified atom stereocenters. The number of rotatable bonds is 4. The second kappa shape index (κ2) is 6.26. The van der Waals surface area contributed by atoms with E-state index in [1.807, 2.05) is 6.07 Å². The zero-order chi connectivity index (χ0) is 15.4. The molecule has 0 bridgehead atoms. The fourth-order valence-electron chi connectivity index (χ4n) is 2.09. The SMILES string of the molecule is CCOC(=O)c1cc(OC(C)=O)c2c(OC)cccc2c1. The van der Waals surface area contributed by atoms with E-state index in [-0.39, 0.29) is 12.4 Å². The van der Waals surface area contributed by atoms with Crippen molar-refractivity contribution in [1.29, 1.82) is 0 Å². The van der Waals surface area contributed by atoms with Gasteiger partial charge in [0.2, 0.25) is 0 Å². The average molecular weight is 288 g/mol. The number of fused-ring (bicyclic) bond motifs is 1. The Morgan fingerprint density at radius 2 is 1.90 bits per heavy atom. The van der Waals surface area contributed by atoms with Crippen LogP contribution in [0.1, 0.15) is 24.2 Å². The summed E-state index contributed by atoms with van der Waals surface area (Å²) in [5, 5.41) is 1.37. The van der Waals surface area contributed by atoms with Crippen LogP contribution in [0.2, 0.25) is 0 Å². The molecule has 2 rings (SSSR count). The third kappa shape index (κ3) is 3.13. The average Bonchev–Trinajstić information content (AvgIpc) is 2.45. The van der Waals surface area contributed by atoms with Crippen molar-refractivity contribution in [3.63, 3.8) is 0 Å². The first-order valence-electron chi connectivity index (χ1n) is 6.53. The Labute approximate surface area is 122 Å². The minimum atomic E-state index is -0.469. The predicted molar refractivity (Wildman–Crippen MR) is 77.8 cm³/mol. The Morgan fingerprint density at radius 3 is 2.52 bits per heavy atom. The van der Waals surface area contributed by atoms with Crippen LogP contribution in [-0.2, 0) is 9.53 Å². The highest BCUT2D eigenvalue weighted by atomic mass is 16.5. The molecule has 0 amide bonds. The highest BCUT2D eigenvalue weighted by molar-refractivity contribution is 6.01. The van der Waals surface area contributed by atoms with Crippen LogP contribution in [0.3, 0.4) is 0 Å². The second-order valence-corrected chi connectivity index (χ2v) is 4.35. The topological polar surface area (TPSA) is 61.8 Å². The lowest BCUT2D eigenvalue weighted by Gasteiger charge is -2.12. The molecule has 0 aromatic heterocycles. The standard InChI is InChI=1S/C16H16O5/c1-4-20-16(18)12-8-11-6-5-7-13(19-3)15(11)14(9-12)21-10(2)17/h5-9H,4H2,1-3H3. The molecule has 0 saturated heterocycles. The molecule has 0 N–H and O–H groups in total. The van der Waals surface area contributed by atoms with Gasteiger partial charge in [-0.15, -0.1) is 0 Å². The maximum absolute atomic E-state index is 11.9. The van der Waals surface area contributed by atoms with Gasteiger partial charge in [0, 0.05) is 6.92 Å². The molecule has 2 aromatic carbocycles. The third-order valence-corrected chi connectivity index (χ3v) is 2.89. The van der Waals surface area contributed by atoms with Crippen molar-refractivity contribution in [3.05, 3.63) is 35.9 Å². The molecule has 0 radical (unpaired) electrons. The maximum Gasteiger partial charge on any atom is 0.338 e. The molecule has 0 spiro atoms. The Bertz CT molecular complexity index is 690. The first-order chi connectivity index (χ1) is 10.1. The molecule has 2 aromatic rings. The number of esters is 2. The van der Waals surface area contributed by atoms with Crippen LogP contribution < -0.4 is 9.47 Å². The predicted octanol–water partition coefficient (Wildman–Crippen LogP) is 2.95. The lowest BCUT2D eigenvalue weighted by Crippen LogP contribution is -2.07. The minimum Gasteiger partial charge on any atom is -0.496 e. The smallest absolute Gasteiger partial charge is 0.338 e. The quantitative estimate of drug-likeness (QED) is 0.639. The lowest BCUT2D eigenvalue weighted by molar-refractivity contribution is -0.131. The van der Waals surface area contributed by atoms with Crippen LogP contribution in [0.5, 0.6) is 11.5 Å². The Balaban J connectivity index is 2.67. The number of hydrogen-bond acceptors (Lipinski definition) is 5. The zero-order valence-corrected chi connectivity index (χ0v) is 12.1. The largest absolute Gasteiger partial charge is 0.496 e. The summed E-state index contributed by atoms with van der Waals surface area (Å²) in [6, 6.07) is 8.55. The van der Waals surface area contributed by atoms with E-state index in [2.05, 4.69) is 0 Å². The molecule has 0 aliphatic carbocycles. The number of methoxy groups -OCH3 is 1. The minimum absolute atomic E-state index is 0.276. The van der Waals surface area contributed by atoms with Crippen LogP contribution in [0, 0.1) is 0 Å². The molecular weight excluding hydrogens is 272 g/mol. The molecular formula is C16H16O5. The number of benzene rings is 2. The summed E-state index contributed by atoms with van der Waals surface area (Å²) in [6.07, 6.45) is 0. The summed E-state index contributed by atoms with van der Waals surface area (Å²) in [7, 11) is 1.53. The lowest BCUT2D eigenvalue weighted by atomic mass is 10.0. The Hall–Kier alpha value is -2.56. The van der Waals surface area contributed by atoms with Crippen molar-refractivity contribution in [2.45, 2.75) is 13.8 Å². The van der Waals surface area contributed by atoms with E-state index in [9.17, 15) is 9.59 Å². The molecule has 5 heteroatoms. The van der Waals surface area contributed by atoms with Gasteiger partial charge in [-0.3, -0.25) is 4.79 Å². The van der Waals surface area contributed by atoms with Crippen molar-refractivity contribution >= 4 is 22.7 Å². The van der Waals surface area contributed by atoms with Crippen LogP contribution in [0.25, 0.3) is 10.8 Å². The van der Waals surface area contributed by atoms with Gasteiger partial charge in [0.05, 0.1) is 24.7 Å². The summed E-state index contributed by atoms with van der Waals surface area (Å²) >= 11 is 0. The summed E-state index contributed by atoms with van der Waals surface area (Å²) in [5.41, 5.74) is 0.328. The first kappa shape index (κ1) is 14.8.